The van der Waals surface area contributed by atoms with Gasteiger partial charge >= 0.3 is 0 Å². The van der Waals surface area contributed by atoms with Crippen LogP contribution in [0.4, 0.5) is 0 Å². The van der Waals surface area contributed by atoms with E-state index in [4.69, 9.17) is 27.9 Å². The standard InChI is InChI=1S/C15H10Cl2O4/c16-10-3-7(4-11(17)15(10)20)14-6-12(19)9-5-8(18)1-2-13(9)21-14/h1-5,14,18,20H,6H2. The minimum absolute atomic E-state index is 0.0138. The van der Waals surface area contributed by atoms with Gasteiger partial charge in [-0.3, -0.25) is 4.79 Å². The highest BCUT2D eigenvalue weighted by Gasteiger charge is 2.28. The van der Waals surface area contributed by atoms with Crippen molar-refractivity contribution in [1.82, 2.24) is 0 Å². The third-order valence-corrected chi connectivity index (χ3v) is 3.89. The number of Topliss-reactive ketones (excluding diaryl/α,β-unsaturated/α-hetero) is 1. The Morgan fingerprint density at radius 3 is 2.43 bits per heavy atom. The zero-order chi connectivity index (χ0) is 15.1. The average molecular weight is 325 g/mol. The first-order chi connectivity index (χ1) is 9.95. The second-order valence-corrected chi connectivity index (χ2v) is 5.56. The molecule has 1 aliphatic rings. The van der Waals surface area contributed by atoms with Gasteiger partial charge in [0.1, 0.15) is 17.6 Å². The number of carbonyl (C=O) groups excluding carboxylic acids is 1. The van der Waals surface area contributed by atoms with Crippen molar-refractivity contribution in [2.75, 3.05) is 0 Å². The molecule has 0 spiro atoms. The fraction of sp³-hybridized carbons (Fsp3) is 0.133. The maximum absolute atomic E-state index is 12.2. The minimum atomic E-state index is -0.537. The summed E-state index contributed by atoms with van der Waals surface area (Å²) in [6.07, 6.45) is -0.432. The quantitative estimate of drug-likeness (QED) is 0.828. The molecular formula is C15H10Cl2O4. The lowest BCUT2D eigenvalue weighted by atomic mass is 9.96. The predicted octanol–water partition coefficient (Wildman–Crippen LogP) is 4.11. The molecule has 2 N–H and O–H groups in total. The fourth-order valence-corrected chi connectivity index (χ4v) is 2.77. The summed E-state index contributed by atoms with van der Waals surface area (Å²) < 4.78 is 5.76. The molecule has 0 aromatic heterocycles. The van der Waals surface area contributed by atoms with Crippen LogP contribution in [0.3, 0.4) is 0 Å². The van der Waals surface area contributed by atoms with E-state index in [-0.39, 0.29) is 33.7 Å². The van der Waals surface area contributed by atoms with E-state index in [0.29, 0.717) is 16.9 Å². The van der Waals surface area contributed by atoms with E-state index in [0.717, 1.165) is 0 Å². The van der Waals surface area contributed by atoms with E-state index in [2.05, 4.69) is 0 Å². The molecule has 1 heterocycles. The Morgan fingerprint density at radius 1 is 1.10 bits per heavy atom. The van der Waals surface area contributed by atoms with Crippen LogP contribution >= 0.6 is 23.2 Å². The van der Waals surface area contributed by atoms with Gasteiger partial charge < -0.3 is 14.9 Å². The van der Waals surface area contributed by atoms with Crippen molar-refractivity contribution in [3.63, 3.8) is 0 Å². The van der Waals surface area contributed by atoms with Gasteiger partial charge in [0.25, 0.3) is 0 Å². The summed E-state index contributed by atoms with van der Waals surface area (Å²) in [4.78, 5) is 12.2. The Balaban J connectivity index is 2.00. The smallest absolute Gasteiger partial charge is 0.170 e. The van der Waals surface area contributed by atoms with E-state index >= 15 is 0 Å². The van der Waals surface area contributed by atoms with Crippen LogP contribution in [0.25, 0.3) is 0 Å². The Morgan fingerprint density at radius 2 is 1.76 bits per heavy atom. The van der Waals surface area contributed by atoms with E-state index in [1.165, 1.54) is 24.3 Å². The van der Waals surface area contributed by atoms with Crippen molar-refractivity contribution >= 4 is 29.0 Å². The molecule has 6 heteroatoms. The zero-order valence-corrected chi connectivity index (χ0v) is 12.1. The van der Waals surface area contributed by atoms with Gasteiger partial charge in [-0.05, 0) is 35.9 Å². The number of benzene rings is 2. The largest absolute Gasteiger partial charge is 0.508 e. The van der Waals surface area contributed by atoms with Crippen LogP contribution in [0, 0.1) is 0 Å². The molecule has 21 heavy (non-hydrogen) atoms. The molecule has 108 valence electrons. The number of ketones is 1. The van der Waals surface area contributed by atoms with Crippen LogP contribution in [0.5, 0.6) is 17.2 Å². The summed E-state index contributed by atoms with van der Waals surface area (Å²) in [5.74, 6) is 0.0706. The van der Waals surface area contributed by atoms with Crippen molar-refractivity contribution in [1.29, 1.82) is 0 Å². The SMILES string of the molecule is O=C1CC(c2cc(Cl)c(O)c(Cl)c2)Oc2ccc(O)cc21. The van der Waals surface area contributed by atoms with Crippen molar-refractivity contribution in [3.8, 4) is 17.2 Å². The van der Waals surface area contributed by atoms with Crippen molar-refractivity contribution in [3.05, 3.63) is 51.5 Å². The van der Waals surface area contributed by atoms with Crippen molar-refractivity contribution < 1.29 is 19.7 Å². The molecule has 0 saturated carbocycles. The van der Waals surface area contributed by atoms with Crippen molar-refractivity contribution in [2.24, 2.45) is 0 Å². The average Bonchev–Trinajstić information content (AvgIpc) is 2.44. The highest BCUT2D eigenvalue weighted by atomic mass is 35.5. The number of hydrogen-bond donors (Lipinski definition) is 2. The number of phenols is 2. The second-order valence-electron chi connectivity index (χ2n) is 4.75. The number of ether oxygens (including phenoxy) is 1. The summed E-state index contributed by atoms with van der Waals surface area (Å²) in [5, 5.41) is 19.2. The maximum atomic E-state index is 12.2. The molecule has 0 amide bonds. The number of hydrogen-bond acceptors (Lipinski definition) is 4. The van der Waals surface area contributed by atoms with Gasteiger partial charge in [-0.25, -0.2) is 0 Å². The molecule has 0 radical (unpaired) electrons. The molecule has 0 fully saturated rings. The van der Waals surface area contributed by atoms with Gasteiger partial charge in [-0.1, -0.05) is 23.2 Å². The Bertz CT molecular complexity index is 719. The minimum Gasteiger partial charge on any atom is -0.508 e. The first kappa shape index (κ1) is 14.0. The monoisotopic (exact) mass is 324 g/mol. The highest BCUT2D eigenvalue weighted by molar-refractivity contribution is 6.37. The van der Waals surface area contributed by atoms with Crippen LogP contribution in [0.1, 0.15) is 28.4 Å². The lowest BCUT2D eigenvalue weighted by molar-refractivity contribution is 0.0849. The molecule has 0 saturated heterocycles. The molecule has 1 aliphatic heterocycles. The summed E-state index contributed by atoms with van der Waals surface area (Å²) in [6, 6.07) is 7.41. The van der Waals surface area contributed by atoms with Crippen LogP contribution in [-0.2, 0) is 0 Å². The normalized spacial score (nSPS) is 17.2. The number of phenolic OH excluding ortho intramolecular Hbond substituents is 2. The van der Waals surface area contributed by atoms with Gasteiger partial charge in [-0.15, -0.1) is 0 Å². The van der Waals surface area contributed by atoms with E-state index in [9.17, 15) is 15.0 Å². The third-order valence-electron chi connectivity index (χ3n) is 3.31. The molecule has 2 aromatic carbocycles. The lowest BCUT2D eigenvalue weighted by Crippen LogP contribution is -2.20. The van der Waals surface area contributed by atoms with E-state index in [1.807, 2.05) is 0 Å². The number of fused-ring (bicyclic) bond motifs is 1. The zero-order valence-electron chi connectivity index (χ0n) is 10.6. The van der Waals surface area contributed by atoms with Crippen LogP contribution in [0.15, 0.2) is 30.3 Å². The Kier molecular flexibility index (Phi) is 3.43. The highest BCUT2D eigenvalue weighted by Crippen LogP contribution is 2.40. The summed E-state index contributed by atoms with van der Waals surface area (Å²) in [6.45, 7) is 0. The second kappa shape index (κ2) is 5.13. The maximum Gasteiger partial charge on any atom is 0.170 e. The molecule has 1 atom stereocenters. The first-order valence-corrected chi connectivity index (χ1v) is 6.92. The fourth-order valence-electron chi connectivity index (χ4n) is 2.27. The van der Waals surface area contributed by atoms with Gasteiger partial charge in [0, 0.05) is 0 Å². The first-order valence-electron chi connectivity index (χ1n) is 6.16. The molecule has 0 bridgehead atoms. The summed E-state index contributed by atoms with van der Waals surface area (Å²) >= 11 is 11.8. The van der Waals surface area contributed by atoms with Crippen LogP contribution < -0.4 is 4.74 Å². The summed E-state index contributed by atoms with van der Waals surface area (Å²) in [5.41, 5.74) is 0.956. The number of rotatable bonds is 1. The number of halogens is 2. The van der Waals surface area contributed by atoms with Gasteiger partial charge in [-0.2, -0.15) is 0 Å². The molecule has 1 unspecified atom stereocenters. The molecule has 2 aromatic rings. The van der Waals surface area contributed by atoms with Crippen LogP contribution in [-0.4, -0.2) is 16.0 Å². The number of carbonyl (C=O) groups is 1. The van der Waals surface area contributed by atoms with Gasteiger partial charge in [0.2, 0.25) is 0 Å². The van der Waals surface area contributed by atoms with E-state index in [1.54, 1.807) is 6.07 Å². The third kappa shape index (κ3) is 2.52. The lowest BCUT2D eigenvalue weighted by Gasteiger charge is -2.26. The van der Waals surface area contributed by atoms with E-state index < -0.39 is 6.10 Å². The number of aromatic hydroxyl groups is 2. The summed E-state index contributed by atoms with van der Waals surface area (Å²) in [7, 11) is 0. The van der Waals surface area contributed by atoms with Crippen molar-refractivity contribution in [2.45, 2.75) is 12.5 Å². The van der Waals surface area contributed by atoms with Gasteiger partial charge in [0.15, 0.2) is 11.5 Å². The van der Waals surface area contributed by atoms with Crippen LogP contribution in [0.2, 0.25) is 10.0 Å². The molecule has 4 nitrogen and oxygen atoms in total. The Labute approximate surface area is 130 Å². The van der Waals surface area contributed by atoms with Gasteiger partial charge in [0.05, 0.1) is 22.0 Å². The topological polar surface area (TPSA) is 66.8 Å². The predicted molar refractivity (Wildman–Crippen MR) is 78.6 cm³/mol. The molecule has 0 aliphatic carbocycles. The Hall–Kier alpha value is -1.91. The molecule has 3 rings (SSSR count). The molecular weight excluding hydrogens is 315 g/mol.